The zero-order valence-corrected chi connectivity index (χ0v) is 36.2. The van der Waals surface area contributed by atoms with Crippen LogP contribution in [0.25, 0.3) is 32.3 Å². The third-order valence-corrected chi connectivity index (χ3v) is 13.0. The topological polar surface area (TPSA) is 162 Å². The van der Waals surface area contributed by atoms with Gasteiger partial charge in [0.2, 0.25) is 0 Å². The molecule has 1 aliphatic rings. The van der Waals surface area contributed by atoms with Crippen molar-refractivity contribution in [3.63, 3.8) is 0 Å². The third-order valence-electron chi connectivity index (χ3n) is 10.9. The van der Waals surface area contributed by atoms with Crippen LogP contribution in [0.2, 0.25) is 0 Å². The summed E-state index contributed by atoms with van der Waals surface area (Å²) in [5.74, 6) is -0.684. The fourth-order valence-electron chi connectivity index (χ4n) is 7.98. The van der Waals surface area contributed by atoms with Gasteiger partial charge in [0.1, 0.15) is 24.7 Å². The molecule has 13 nitrogen and oxygen atoms in total. The number of benzene rings is 4. The molecular formula is C46H57N4O9P. The molecular weight excluding hydrogens is 783 g/mol. The Morgan fingerprint density at radius 3 is 2.33 bits per heavy atom. The number of unbranched alkanes of at least 4 members (excludes halogenated alkanes) is 3. The summed E-state index contributed by atoms with van der Waals surface area (Å²) < 4.78 is 33.9. The van der Waals surface area contributed by atoms with Gasteiger partial charge in [0.25, 0.3) is 14.1 Å². The summed E-state index contributed by atoms with van der Waals surface area (Å²) in [7, 11) is -1.69. The maximum absolute atomic E-state index is 13.2. The Labute approximate surface area is 352 Å². The Bertz CT molecular complexity index is 2360. The molecule has 1 fully saturated rings. The minimum absolute atomic E-state index is 0.0119. The van der Waals surface area contributed by atoms with Gasteiger partial charge in [-0.25, -0.2) is 9.46 Å². The lowest BCUT2D eigenvalue weighted by molar-refractivity contribution is -0.150. The molecule has 1 saturated heterocycles. The van der Waals surface area contributed by atoms with Gasteiger partial charge in [-0.05, 0) is 91.8 Å². The Morgan fingerprint density at radius 1 is 0.917 bits per heavy atom. The second-order valence-corrected chi connectivity index (χ2v) is 17.5. The molecule has 320 valence electrons. The van der Waals surface area contributed by atoms with Crippen molar-refractivity contribution in [3.05, 3.63) is 92.8 Å². The fraction of sp³-hybridized carbons (Fsp3) is 0.500. The molecule has 0 spiro atoms. The van der Waals surface area contributed by atoms with Crippen LogP contribution in [-0.2, 0) is 45.9 Å². The fourth-order valence-corrected chi connectivity index (χ4v) is 9.74. The zero-order chi connectivity index (χ0) is 42.8. The van der Waals surface area contributed by atoms with Crippen LogP contribution < -0.4 is 11.2 Å². The van der Waals surface area contributed by atoms with Crippen molar-refractivity contribution < 1.29 is 32.8 Å². The Balaban J connectivity index is 1.05. The lowest BCUT2D eigenvalue weighted by Gasteiger charge is -2.37. The van der Waals surface area contributed by atoms with E-state index in [1.807, 2.05) is 27.7 Å². The maximum atomic E-state index is 13.2. The van der Waals surface area contributed by atoms with Crippen molar-refractivity contribution in [2.75, 3.05) is 19.8 Å². The molecule has 2 heterocycles. The largest absolute Gasteiger partial charge is 0.463 e. The van der Waals surface area contributed by atoms with Gasteiger partial charge in [0, 0.05) is 37.7 Å². The molecule has 0 aliphatic carbocycles. The number of aromatic amines is 1. The number of nitriles is 1. The normalized spacial score (nSPS) is 17.4. The lowest BCUT2D eigenvalue weighted by Crippen LogP contribution is -2.36. The number of aryl methyl sites for hydroxylation is 1. The van der Waals surface area contributed by atoms with Crippen molar-refractivity contribution >= 4 is 52.6 Å². The van der Waals surface area contributed by atoms with E-state index in [1.54, 1.807) is 0 Å². The maximum Gasteiger partial charge on any atom is 0.330 e. The highest BCUT2D eigenvalue weighted by molar-refractivity contribution is 7.44. The van der Waals surface area contributed by atoms with E-state index in [0.717, 1.165) is 32.1 Å². The number of carbonyl (C=O) groups is 2. The van der Waals surface area contributed by atoms with Crippen LogP contribution >= 0.6 is 8.53 Å². The zero-order valence-electron chi connectivity index (χ0n) is 35.3. The van der Waals surface area contributed by atoms with Crippen molar-refractivity contribution in [2.24, 2.45) is 0 Å². The van der Waals surface area contributed by atoms with E-state index in [-0.39, 0.29) is 68.9 Å². The quantitative estimate of drug-likeness (QED) is 0.0290. The highest BCUT2D eigenvalue weighted by Crippen LogP contribution is 2.50. The van der Waals surface area contributed by atoms with Crippen LogP contribution in [-0.4, -0.2) is 70.1 Å². The summed E-state index contributed by atoms with van der Waals surface area (Å²) in [4.78, 5) is 52.5. The average molecular weight is 841 g/mol. The monoisotopic (exact) mass is 840 g/mol. The number of esters is 1. The van der Waals surface area contributed by atoms with E-state index in [4.69, 9.17) is 28.5 Å². The summed E-state index contributed by atoms with van der Waals surface area (Å²) in [5.41, 5.74) is 0.446. The van der Waals surface area contributed by atoms with Gasteiger partial charge in [-0.15, -0.1) is 0 Å². The molecule has 5 aromatic rings. The number of H-pyrrole nitrogens is 1. The smallest absolute Gasteiger partial charge is 0.330 e. The molecule has 4 aromatic carbocycles. The van der Waals surface area contributed by atoms with Gasteiger partial charge in [-0.1, -0.05) is 67.4 Å². The predicted octanol–water partition coefficient (Wildman–Crippen LogP) is 8.61. The van der Waals surface area contributed by atoms with Crippen molar-refractivity contribution in [1.29, 1.82) is 5.26 Å². The number of nitrogens with zero attached hydrogens (tertiary/aromatic N) is 3. The molecule has 0 bridgehead atoms. The summed E-state index contributed by atoms with van der Waals surface area (Å²) in [6.45, 7) is 9.94. The number of carbonyl (C=O) groups excluding carboxylic acids is 2. The van der Waals surface area contributed by atoms with Crippen molar-refractivity contribution in [1.82, 2.24) is 14.2 Å². The van der Waals surface area contributed by atoms with Gasteiger partial charge < -0.3 is 28.1 Å². The number of nitrogens with one attached hydrogen (secondary N) is 1. The molecule has 1 aliphatic heterocycles. The standard InChI is InChI=1S/C46H57N4O9P/c1-30(2)50(31(3)4)60(57-25-11-23-47)59-39-26-41(58-40(39)29-56-42(52)22-15-32(5)51)49-27-37(45(53)48-46(49)54)28-55-24-9-7-6-8-12-33-16-17-36-19-18-34-13-10-14-35-20-21-38(33)44(36)43(34)35/h10,13-14,16-21,27,30-31,39-41H,6-9,11-12,15,22,24-26,28-29H2,1-5H3,(H,48,53,54). The number of ether oxygens (including phenoxy) is 3. The number of hydrogen-bond acceptors (Lipinski definition) is 11. The van der Waals surface area contributed by atoms with Gasteiger partial charge in [-0.3, -0.25) is 19.1 Å². The predicted molar refractivity (Wildman–Crippen MR) is 233 cm³/mol. The molecule has 0 amide bonds. The van der Waals surface area contributed by atoms with Gasteiger partial charge in [-0.2, -0.15) is 5.26 Å². The minimum Gasteiger partial charge on any atom is -0.463 e. The summed E-state index contributed by atoms with van der Waals surface area (Å²) in [5, 5.41) is 17.0. The third kappa shape index (κ3) is 11.2. The molecule has 14 heteroatoms. The molecule has 1 N–H and O–H groups in total. The first-order valence-electron chi connectivity index (χ1n) is 21.1. The van der Waals surface area contributed by atoms with Gasteiger partial charge in [0.15, 0.2) is 0 Å². The van der Waals surface area contributed by atoms with Crippen LogP contribution in [0.15, 0.2) is 70.4 Å². The van der Waals surface area contributed by atoms with E-state index in [0.29, 0.717) is 6.61 Å². The first-order valence-corrected chi connectivity index (χ1v) is 22.2. The van der Waals surface area contributed by atoms with E-state index < -0.39 is 44.2 Å². The van der Waals surface area contributed by atoms with Crippen LogP contribution in [0, 0.1) is 11.3 Å². The van der Waals surface area contributed by atoms with Gasteiger partial charge in [0.05, 0.1) is 43.8 Å². The van der Waals surface area contributed by atoms with Gasteiger partial charge >= 0.3 is 11.7 Å². The van der Waals surface area contributed by atoms with Crippen LogP contribution in [0.1, 0.15) is 103 Å². The summed E-state index contributed by atoms with van der Waals surface area (Å²) in [6, 6.07) is 22.0. The number of hydrogen-bond donors (Lipinski definition) is 1. The van der Waals surface area contributed by atoms with Crippen LogP contribution in [0.3, 0.4) is 0 Å². The van der Waals surface area contributed by atoms with Crippen LogP contribution in [0.5, 0.6) is 0 Å². The molecule has 4 atom stereocenters. The highest BCUT2D eigenvalue weighted by atomic mass is 31.2. The lowest BCUT2D eigenvalue weighted by atomic mass is 9.90. The van der Waals surface area contributed by atoms with Crippen molar-refractivity contribution in [3.8, 4) is 6.07 Å². The second-order valence-electron chi connectivity index (χ2n) is 16.1. The number of aromatic nitrogens is 2. The van der Waals surface area contributed by atoms with Crippen LogP contribution in [0.4, 0.5) is 0 Å². The van der Waals surface area contributed by atoms with Crippen molar-refractivity contribution in [2.45, 2.75) is 130 Å². The average Bonchev–Trinajstić information content (AvgIpc) is 3.61. The highest BCUT2D eigenvalue weighted by Gasteiger charge is 2.42. The van der Waals surface area contributed by atoms with E-state index in [2.05, 4.69) is 70.3 Å². The second kappa shape index (κ2) is 21.3. The molecule has 60 heavy (non-hydrogen) atoms. The molecule has 1 aromatic heterocycles. The molecule has 6 rings (SSSR count). The molecule has 0 saturated carbocycles. The minimum atomic E-state index is -1.69. The van der Waals surface area contributed by atoms with E-state index in [9.17, 15) is 19.2 Å². The Hall–Kier alpha value is -4.54. The number of ketones is 1. The van der Waals surface area contributed by atoms with E-state index >= 15 is 0 Å². The number of Topliss-reactive ketones (excluding diaryl/α,β-unsaturated/α-hetero) is 1. The SMILES string of the molecule is CC(=O)CCC(=O)OCC1OC(n2cc(COCCCCCCc3ccc4ccc5cccc6ccc3c4c56)c(=O)[nH]c2=O)CC1OP(OCCC#N)N(C(C)C)C(C)C. The van der Waals surface area contributed by atoms with E-state index in [1.165, 1.54) is 55.6 Å². The summed E-state index contributed by atoms with van der Waals surface area (Å²) >= 11 is 0. The number of rotatable bonds is 23. The molecule has 0 radical (unpaired) electrons. The Kier molecular flexibility index (Phi) is 16.0. The first-order chi connectivity index (χ1) is 28.9. The molecule has 4 unspecified atom stereocenters. The Morgan fingerprint density at radius 2 is 1.62 bits per heavy atom. The first kappa shape index (κ1) is 45.0. The summed E-state index contributed by atoms with van der Waals surface area (Å²) in [6.07, 6.45) is 4.36.